The van der Waals surface area contributed by atoms with Crippen molar-refractivity contribution in [1.82, 2.24) is 0 Å². The predicted octanol–water partition coefficient (Wildman–Crippen LogP) is 10.3. The monoisotopic (exact) mass is 460 g/mol. The largest absolute Gasteiger partial charge is 0.135 e. The first-order valence-corrected chi connectivity index (χ1v) is 12.8. The summed E-state index contributed by atoms with van der Waals surface area (Å²) in [5.41, 5.74) is 2.53. The first kappa shape index (κ1) is 19.1. The van der Waals surface area contributed by atoms with Gasteiger partial charge in [0.2, 0.25) is 0 Å². The molecule has 0 unspecified atom stereocenters. The molecule has 0 saturated carbocycles. The van der Waals surface area contributed by atoms with Crippen molar-refractivity contribution < 1.29 is 0 Å². The third-order valence-electron chi connectivity index (χ3n) is 7.44. The van der Waals surface area contributed by atoms with Crippen LogP contribution in [0.15, 0.2) is 121 Å². The number of rotatable bonds is 1. The molecule has 1 aromatic heterocycles. The molecule has 7 aromatic carbocycles. The maximum Gasteiger partial charge on any atom is 0.0361 e. The van der Waals surface area contributed by atoms with Gasteiger partial charge in [-0.25, -0.2) is 0 Å². The number of hydrogen-bond acceptors (Lipinski definition) is 1. The Bertz CT molecular complexity index is 2070. The first-order chi connectivity index (χ1) is 17.3. The molecular formula is C34H20S. The van der Waals surface area contributed by atoms with Crippen LogP contribution in [0.1, 0.15) is 0 Å². The zero-order chi connectivity index (χ0) is 22.9. The highest BCUT2D eigenvalue weighted by molar-refractivity contribution is 7.26. The topological polar surface area (TPSA) is 0 Å². The summed E-state index contributed by atoms with van der Waals surface area (Å²) in [4.78, 5) is 0. The smallest absolute Gasteiger partial charge is 0.0361 e. The highest BCUT2D eigenvalue weighted by Crippen LogP contribution is 2.41. The van der Waals surface area contributed by atoms with E-state index in [0.717, 1.165) is 0 Å². The van der Waals surface area contributed by atoms with Crippen LogP contribution in [-0.2, 0) is 0 Å². The van der Waals surface area contributed by atoms with Crippen LogP contribution in [-0.4, -0.2) is 0 Å². The number of benzene rings is 7. The lowest BCUT2D eigenvalue weighted by atomic mass is 9.92. The van der Waals surface area contributed by atoms with Gasteiger partial charge >= 0.3 is 0 Å². The maximum absolute atomic E-state index is 2.39. The molecular weight excluding hydrogens is 440 g/mol. The molecule has 8 aromatic rings. The van der Waals surface area contributed by atoms with Gasteiger partial charge in [0.15, 0.2) is 0 Å². The van der Waals surface area contributed by atoms with Gasteiger partial charge in [-0.2, -0.15) is 0 Å². The Morgan fingerprint density at radius 1 is 0.343 bits per heavy atom. The lowest BCUT2D eigenvalue weighted by molar-refractivity contribution is 1.71. The maximum atomic E-state index is 2.39. The number of hydrogen-bond donors (Lipinski definition) is 0. The van der Waals surface area contributed by atoms with E-state index in [-0.39, 0.29) is 0 Å². The molecule has 0 bridgehead atoms. The van der Waals surface area contributed by atoms with Crippen molar-refractivity contribution in [2.45, 2.75) is 0 Å². The molecule has 0 saturated heterocycles. The van der Waals surface area contributed by atoms with Crippen molar-refractivity contribution in [3.8, 4) is 11.1 Å². The van der Waals surface area contributed by atoms with Gasteiger partial charge in [0, 0.05) is 20.2 Å². The van der Waals surface area contributed by atoms with Gasteiger partial charge in [-0.3, -0.25) is 0 Å². The lowest BCUT2D eigenvalue weighted by Crippen LogP contribution is -1.85. The molecule has 0 aliphatic rings. The molecule has 8 rings (SSSR count). The first-order valence-electron chi connectivity index (χ1n) is 12.0. The molecule has 0 nitrogen and oxygen atoms in total. The minimum Gasteiger partial charge on any atom is -0.135 e. The average Bonchev–Trinajstić information content (AvgIpc) is 3.31. The SMILES string of the molecule is c1ccc2c(c1)ccc1sc3ccc(-c4ccc5c6ccccc6c6ccccc6c5c4)cc3c12. The van der Waals surface area contributed by atoms with E-state index >= 15 is 0 Å². The van der Waals surface area contributed by atoms with Crippen molar-refractivity contribution in [3.05, 3.63) is 121 Å². The predicted molar refractivity (Wildman–Crippen MR) is 155 cm³/mol. The van der Waals surface area contributed by atoms with E-state index in [0.29, 0.717) is 0 Å². The summed E-state index contributed by atoms with van der Waals surface area (Å²) in [5, 5.41) is 13.3. The molecule has 0 radical (unpaired) electrons. The second-order valence-electron chi connectivity index (χ2n) is 9.32. The van der Waals surface area contributed by atoms with E-state index in [9.17, 15) is 0 Å². The highest BCUT2D eigenvalue weighted by Gasteiger charge is 2.12. The summed E-state index contributed by atoms with van der Waals surface area (Å²) in [7, 11) is 0. The van der Waals surface area contributed by atoms with Gasteiger partial charge in [-0.05, 0) is 78.5 Å². The number of thiophene rings is 1. The number of fused-ring (bicyclic) bond motifs is 11. The zero-order valence-electron chi connectivity index (χ0n) is 19.0. The van der Waals surface area contributed by atoms with Crippen LogP contribution in [0, 0.1) is 0 Å². The minimum absolute atomic E-state index is 1.26. The quantitative estimate of drug-likeness (QED) is 0.214. The molecule has 162 valence electrons. The lowest BCUT2D eigenvalue weighted by Gasteiger charge is -2.12. The molecule has 35 heavy (non-hydrogen) atoms. The second-order valence-corrected chi connectivity index (χ2v) is 10.4. The summed E-state index contributed by atoms with van der Waals surface area (Å²) in [6.45, 7) is 0. The molecule has 0 spiro atoms. The Hall–Kier alpha value is -4.20. The van der Waals surface area contributed by atoms with E-state index in [1.165, 1.54) is 74.4 Å². The summed E-state index contributed by atoms with van der Waals surface area (Å²) in [6.07, 6.45) is 0. The normalized spacial score (nSPS) is 12.0. The molecule has 1 heteroatoms. The third-order valence-corrected chi connectivity index (χ3v) is 8.57. The van der Waals surface area contributed by atoms with Crippen LogP contribution >= 0.6 is 11.3 Å². The molecule has 0 amide bonds. The Labute approximate surface area is 206 Å². The molecule has 1 heterocycles. The van der Waals surface area contributed by atoms with Gasteiger partial charge in [-0.1, -0.05) is 97.1 Å². The summed E-state index contributed by atoms with van der Waals surface area (Å²) in [6, 6.07) is 44.8. The molecule has 0 aliphatic heterocycles. The fraction of sp³-hybridized carbons (Fsp3) is 0. The Morgan fingerprint density at radius 2 is 0.857 bits per heavy atom. The van der Waals surface area contributed by atoms with E-state index in [4.69, 9.17) is 0 Å². The molecule has 0 fully saturated rings. The van der Waals surface area contributed by atoms with Gasteiger partial charge in [0.25, 0.3) is 0 Å². The summed E-state index contributed by atoms with van der Waals surface area (Å²) in [5.74, 6) is 0. The minimum atomic E-state index is 1.26. The second kappa shape index (κ2) is 7.15. The highest BCUT2D eigenvalue weighted by atomic mass is 32.1. The Balaban J connectivity index is 1.43. The van der Waals surface area contributed by atoms with E-state index in [1.54, 1.807) is 0 Å². The van der Waals surface area contributed by atoms with E-state index in [2.05, 4.69) is 121 Å². The van der Waals surface area contributed by atoms with Crippen LogP contribution in [0.3, 0.4) is 0 Å². The Kier molecular flexibility index (Phi) is 3.91. The van der Waals surface area contributed by atoms with Crippen molar-refractivity contribution in [3.63, 3.8) is 0 Å². The average molecular weight is 461 g/mol. The van der Waals surface area contributed by atoms with Crippen LogP contribution < -0.4 is 0 Å². The molecule has 0 atom stereocenters. The van der Waals surface area contributed by atoms with Crippen LogP contribution in [0.4, 0.5) is 0 Å². The van der Waals surface area contributed by atoms with Crippen LogP contribution in [0.25, 0.3) is 74.4 Å². The van der Waals surface area contributed by atoms with E-state index in [1.807, 2.05) is 11.3 Å². The van der Waals surface area contributed by atoms with Gasteiger partial charge in [-0.15, -0.1) is 11.3 Å². The third kappa shape index (κ3) is 2.73. The van der Waals surface area contributed by atoms with Crippen LogP contribution in [0.5, 0.6) is 0 Å². The Morgan fingerprint density at radius 3 is 1.57 bits per heavy atom. The van der Waals surface area contributed by atoms with Crippen LogP contribution in [0.2, 0.25) is 0 Å². The summed E-state index contributed by atoms with van der Waals surface area (Å²) < 4.78 is 2.70. The summed E-state index contributed by atoms with van der Waals surface area (Å²) >= 11 is 1.89. The van der Waals surface area contributed by atoms with E-state index < -0.39 is 0 Å². The standard InChI is InChI=1S/C34H20S/c1-2-8-24-21(7-1)14-18-33-34(24)31-20-23(15-17-32(31)35-33)22-13-16-29-27-11-4-3-9-25(27)26-10-5-6-12-28(26)30(29)19-22/h1-20H. The van der Waals surface area contributed by atoms with Gasteiger partial charge in [0.05, 0.1) is 0 Å². The fourth-order valence-electron chi connectivity index (χ4n) is 5.81. The molecule has 0 aliphatic carbocycles. The van der Waals surface area contributed by atoms with Crippen molar-refractivity contribution in [2.75, 3.05) is 0 Å². The molecule has 0 N–H and O–H groups in total. The van der Waals surface area contributed by atoms with Gasteiger partial charge in [0.1, 0.15) is 0 Å². The zero-order valence-corrected chi connectivity index (χ0v) is 19.8. The van der Waals surface area contributed by atoms with Crippen molar-refractivity contribution in [1.29, 1.82) is 0 Å². The van der Waals surface area contributed by atoms with Crippen molar-refractivity contribution >= 4 is 74.6 Å². The van der Waals surface area contributed by atoms with Gasteiger partial charge < -0.3 is 0 Å². The fourth-order valence-corrected chi connectivity index (χ4v) is 6.92. The van der Waals surface area contributed by atoms with Crippen molar-refractivity contribution in [2.24, 2.45) is 0 Å².